The number of aryl methyl sites for hydroxylation is 1. The summed E-state index contributed by atoms with van der Waals surface area (Å²) in [7, 11) is 0. The van der Waals surface area contributed by atoms with Crippen LogP contribution in [-0.4, -0.2) is 43.0 Å². The maximum absolute atomic E-state index is 12.4. The molecule has 0 saturated carbocycles. The number of nitrogens with zero attached hydrogens (tertiary/aromatic N) is 1. The van der Waals surface area contributed by atoms with Crippen LogP contribution >= 0.6 is 12.6 Å². The number of hydrogen-bond donors (Lipinski definition) is 1. The number of rotatable bonds is 3. The Labute approximate surface area is 114 Å². The number of ketones is 1. The van der Waals surface area contributed by atoms with E-state index in [1.54, 1.807) is 0 Å². The van der Waals surface area contributed by atoms with Crippen LogP contribution in [0.5, 0.6) is 0 Å². The molecule has 1 unspecified atom stereocenters. The van der Waals surface area contributed by atoms with Crippen LogP contribution in [0.4, 0.5) is 0 Å². The highest BCUT2D eigenvalue weighted by atomic mass is 32.1. The zero-order chi connectivity index (χ0) is 13.1. The van der Waals surface area contributed by atoms with Gasteiger partial charge in [0.05, 0.1) is 19.3 Å². The van der Waals surface area contributed by atoms with Crippen molar-refractivity contribution in [2.75, 3.05) is 26.3 Å². The molecule has 2 rings (SSSR count). The quantitative estimate of drug-likeness (QED) is 0.671. The Balaban J connectivity index is 2.14. The zero-order valence-corrected chi connectivity index (χ0v) is 11.7. The van der Waals surface area contributed by atoms with Gasteiger partial charge in [-0.1, -0.05) is 6.07 Å². The molecule has 1 aliphatic rings. The predicted octanol–water partition coefficient (Wildman–Crippen LogP) is 2.19. The lowest BCUT2D eigenvalue weighted by Gasteiger charge is -2.31. The summed E-state index contributed by atoms with van der Waals surface area (Å²) in [6.07, 6.45) is 0. The van der Waals surface area contributed by atoms with E-state index in [2.05, 4.69) is 17.5 Å². The number of benzene rings is 1. The van der Waals surface area contributed by atoms with E-state index in [1.165, 1.54) is 0 Å². The summed E-state index contributed by atoms with van der Waals surface area (Å²) in [5, 5.41) is 0. The van der Waals surface area contributed by atoms with Crippen molar-refractivity contribution in [3.63, 3.8) is 0 Å². The number of ether oxygens (including phenoxy) is 1. The molecular formula is C14H19NO2S. The lowest BCUT2D eigenvalue weighted by atomic mass is 10.0. The molecule has 0 bridgehead atoms. The molecule has 1 aromatic carbocycles. The van der Waals surface area contributed by atoms with Crippen molar-refractivity contribution >= 4 is 18.4 Å². The van der Waals surface area contributed by atoms with Gasteiger partial charge in [-0.3, -0.25) is 9.69 Å². The molecule has 0 aliphatic carbocycles. The first-order chi connectivity index (χ1) is 8.59. The summed E-state index contributed by atoms with van der Waals surface area (Å²) in [5.41, 5.74) is 1.83. The van der Waals surface area contributed by atoms with E-state index in [4.69, 9.17) is 4.74 Å². The van der Waals surface area contributed by atoms with E-state index in [1.807, 2.05) is 32.0 Å². The van der Waals surface area contributed by atoms with Crippen LogP contribution in [0.1, 0.15) is 22.8 Å². The van der Waals surface area contributed by atoms with Crippen LogP contribution < -0.4 is 0 Å². The average molecular weight is 265 g/mol. The number of Topliss-reactive ketones (excluding diaryl/α,β-unsaturated/α-hetero) is 1. The number of carbonyl (C=O) groups is 1. The van der Waals surface area contributed by atoms with Crippen LogP contribution in [0.3, 0.4) is 0 Å². The van der Waals surface area contributed by atoms with Crippen molar-refractivity contribution in [2.45, 2.75) is 24.8 Å². The van der Waals surface area contributed by atoms with E-state index in [9.17, 15) is 4.79 Å². The third kappa shape index (κ3) is 2.94. The van der Waals surface area contributed by atoms with Gasteiger partial charge in [0.2, 0.25) is 0 Å². The van der Waals surface area contributed by atoms with Crippen molar-refractivity contribution < 1.29 is 9.53 Å². The molecule has 1 aliphatic heterocycles. The minimum absolute atomic E-state index is 0.109. The van der Waals surface area contributed by atoms with Crippen molar-refractivity contribution in [1.82, 2.24) is 4.90 Å². The highest BCUT2D eigenvalue weighted by Crippen LogP contribution is 2.19. The van der Waals surface area contributed by atoms with E-state index in [-0.39, 0.29) is 11.8 Å². The highest BCUT2D eigenvalue weighted by Gasteiger charge is 2.25. The fourth-order valence-electron chi connectivity index (χ4n) is 2.21. The fraction of sp³-hybridized carbons (Fsp3) is 0.500. The van der Waals surface area contributed by atoms with Crippen LogP contribution in [0, 0.1) is 6.92 Å². The van der Waals surface area contributed by atoms with Gasteiger partial charge in [-0.15, -0.1) is 12.6 Å². The summed E-state index contributed by atoms with van der Waals surface area (Å²) >= 11 is 4.40. The SMILES string of the molecule is Cc1ccc(C(=O)C(C)N2CCOCC2)c(S)c1. The lowest BCUT2D eigenvalue weighted by Crippen LogP contribution is -2.45. The molecule has 1 heterocycles. The second kappa shape index (κ2) is 5.87. The summed E-state index contributed by atoms with van der Waals surface area (Å²) < 4.78 is 5.31. The van der Waals surface area contributed by atoms with Gasteiger partial charge in [0.15, 0.2) is 5.78 Å². The molecule has 4 heteroatoms. The summed E-state index contributed by atoms with van der Waals surface area (Å²) in [6.45, 7) is 7.01. The predicted molar refractivity (Wildman–Crippen MR) is 74.6 cm³/mol. The van der Waals surface area contributed by atoms with Gasteiger partial charge >= 0.3 is 0 Å². The van der Waals surface area contributed by atoms with E-state index in [0.29, 0.717) is 18.8 Å². The number of hydrogen-bond acceptors (Lipinski definition) is 4. The van der Waals surface area contributed by atoms with Crippen molar-refractivity contribution in [2.24, 2.45) is 0 Å². The monoisotopic (exact) mass is 265 g/mol. The van der Waals surface area contributed by atoms with Crippen molar-refractivity contribution in [1.29, 1.82) is 0 Å². The van der Waals surface area contributed by atoms with Gasteiger partial charge < -0.3 is 4.74 Å². The van der Waals surface area contributed by atoms with Crippen LogP contribution in [0.25, 0.3) is 0 Å². The Bertz CT molecular complexity index is 441. The maximum Gasteiger partial charge on any atom is 0.180 e. The molecule has 0 N–H and O–H groups in total. The minimum Gasteiger partial charge on any atom is -0.379 e. The molecule has 1 atom stereocenters. The zero-order valence-electron chi connectivity index (χ0n) is 10.8. The van der Waals surface area contributed by atoms with E-state index in [0.717, 1.165) is 23.5 Å². The van der Waals surface area contributed by atoms with Crippen molar-refractivity contribution in [3.05, 3.63) is 29.3 Å². The molecule has 1 fully saturated rings. The van der Waals surface area contributed by atoms with E-state index < -0.39 is 0 Å². The first-order valence-electron chi connectivity index (χ1n) is 6.25. The average Bonchev–Trinajstić information content (AvgIpc) is 2.38. The van der Waals surface area contributed by atoms with Gasteiger partial charge in [0, 0.05) is 23.5 Å². The Morgan fingerprint density at radius 2 is 2.06 bits per heavy atom. The highest BCUT2D eigenvalue weighted by molar-refractivity contribution is 7.80. The summed E-state index contributed by atoms with van der Waals surface area (Å²) in [5.74, 6) is 0.141. The molecule has 18 heavy (non-hydrogen) atoms. The molecule has 1 saturated heterocycles. The molecule has 1 aromatic rings. The second-order valence-corrected chi connectivity index (χ2v) is 5.19. The fourth-order valence-corrected chi connectivity index (χ4v) is 2.59. The maximum atomic E-state index is 12.4. The van der Waals surface area contributed by atoms with Gasteiger partial charge in [0.1, 0.15) is 0 Å². The molecule has 0 amide bonds. The molecule has 0 radical (unpaired) electrons. The van der Waals surface area contributed by atoms with Crippen molar-refractivity contribution in [3.8, 4) is 0 Å². The normalized spacial score (nSPS) is 18.6. The minimum atomic E-state index is -0.109. The number of morpholine rings is 1. The molecule has 0 aromatic heterocycles. The largest absolute Gasteiger partial charge is 0.379 e. The Kier molecular flexibility index (Phi) is 4.43. The van der Waals surface area contributed by atoms with E-state index >= 15 is 0 Å². The topological polar surface area (TPSA) is 29.5 Å². The van der Waals surface area contributed by atoms with Gasteiger partial charge in [0.25, 0.3) is 0 Å². The number of thiol groups is 1. The molecule has 0 spiro atoms. The second-order valence-electron chi connectivity index (χ2n) is 4.71. The van der Waals surface area contributed by atoms with Crippen LogP contribution in [0.2, 0.25) is 0 Å². The number of carbonyl (C=O) groups excluding carboxylic acids is 1. The molecule has 98 valence electrons. The third-order valence-corrected chi connectivity index (χ3v) is 3.76. The first-order valence-corrected chi connectivity index (χ1v) is 6.70. The first kappa shape index (κ1) is 13.6. The van der Waals surface area contributed by atoms with Crippen LogP contribution in [-0.2, 0) is 4.74 Å². The third-order valence-electron chi connectivity index (χ3n) is 3.39. The Morgan fingerprint density at radius 1 is 1.39 bits per heavy atom. The van der Waals surface area contributed by atoms with Gasteiger partial charge in [-0.25, -0.2) is 0 Å². The van der Waals surface area contributed by atoms with Gasteiger partial charge in [-0.2, -0.15) is 0 Å². The Morgan fingerprint density at radius 3 is 2.67 bits per heavy atom. The van der Waals surface area contributed by atoms with Gasteiger partial charge in [-0.05, 0) is 31.5 Å². The molecular weight excluding hydrogens is 246 g/mol. The Hall–Kier alpha value is -0.840. The summed E-state index contributed by atoms with van der Waals surface area (Å²) in [6, 6.07) is 5.65. The lowest BCUT2D eigenvalue weighted by molar-refractivity contribution is 0.0208. The van der Waals surface area contributed by atoms with Crippen LogP contribution in [0.15, 0.2) is 23.1 Å². The standard InChI is InChI=1S/C14H19NO2S/c1-10-3-4-12(13(18)9-10)14(16)11(2)15-5-7-17-8-6-15/h3-4,9,11,18H,5-8H2,1-2H3. The smallest absolute Gasteiger partial charge is 0.180 e. The molecule has 3 nitrogen and oxygen atoms in total. The summed E-state index contributed by atoms with van der Waals surface area (Å²) in [4.78, 5) is 15.4.